The van der Waals surface area contributed by atoms with Crippen LogP contribution in [0, 0.1) is 6.92 Å². The maximum absolute atomic E-state index is 12.9. The van der Waals surface area contributed by atoms with Gasteiger partial charge < -0.3 is 14.8 Å². The van der Waals surface area contributed by atoms with Gasteiger partial charge in [-0.05, 0) is 56.4 Å². The highest BCUT2D eigenvalue weighted by atomic mass is 79.9. The highest BCUT2D eigenvalue weighted by molar-refractivity contribution is 9.10. The largest absolute Gasteiger partial charge is 0.496 e. The summed E-state index contributed by atoms with van der Waals surface area (Å²) in [5.74, 6) is -0.163. The van der Waals surface area contributed by atoms with Gasteiger partial charge in [0, 0.05) is 9.35 Å². The van der Waals surface area contributed by atoms with Gasteiger partial charge in [-0.2, -0.15) is 0 Å². The van der Waals surface area contributed by atoms with Gasteiger partial charge in [-0.15, -0.1) is 11.3 Å². The Morgan fingerprint density at radius 1 is 1.31 bits per heavy atom. The van der Waals surface area contributed by atoms with E-state index in [2.05, 4.69) is 21.2 Å². The molecule has 1 aliphatic carbocycles. The number of amides is 1. The van der Waals surface area contributed by atoms with Crippen molar-refractivity contribution < 1.29 is 19.1 Å². The molecule has 2 aromatic rings. The van der Waals surface area contributed by atoms with Crippen molar-refractivity contribution in [2.75, 3.05) is 19.0 Å². The third kappa shape index (κ3) is 3.50. The summed E-state index contributed by atoms with van der Waals surface area (Å²) in [5.41, 5.74) is 2.79. The van der Waals surface area contributed by atoms with Crippen molar-refractivity contribution in [1.82, 2.24) is 0 Å². The van der Waals surface area contributed by atoms with E-state index in [1.807, 2.05) is 13.0 Å². The Bertz CT molecular complexity index is 875. The van der Waals surface area contributed by atoms with Gasteiger partial charge in [0.2, 0.25) is 0 Å². The number of hydrogen-bond donors (Lipinski definition) is 1. The van der Waals surface area contributed by atoms with Gasteiger partial charge in [0.05, 0.1) is 24.8 Å². The third-order valence-corrected chi connectivity index (χ3v) is 5.98. The molecular formula is C19H20BrNO4S. The average Bonchev–Trinajstić information content (AvgIpc) is 3.14. The number of ether oxygens (including phenoxy) is 2. The van der Waals surface area contributed by atoms with Crippen LogP contribution < -0.4 is 10.1 Å². The molecule has 0 fully saturated rings. The monoisotopic (exact) mass is 437 g/mol. The summed E-state index contributed by atoms with van der Waals surface area (Å²) < 4.78 is 11.4. The number of fused-ring (bicyclic) bond motifs is 1. The van der Waals surface area contributed by atoms with Crippen molar-refractivity contribution in [1.29, 1.82) is 0 Å². The first-order valence-corrected chi connectivity index (χ1v) is 10.0. The number of aryl methyl sites for hydroxylation is 2. The molecule has 5 nitrogen and oxygen atoms in total. The maximum Gasteiger partial charge on any atom is 0.341 e. The van der Waals surface area contributed by atoms with Crippen molar-refractivity contribution in [3.05, 3.63) is 43.7 Å². The summed E-state index contributed by atoms with van der Waals surface area (Å²) >= 11 is 4.88. The van der Waals surface area contributed by atoms with Crippen LogP contribution in [-0.4, -0.2) is 25.6 Å². The standard InChI is InChI=1S/C19H20BrNO4S/c1-4-25-19(23)15-12-6-5-7-14(12)26-18(15)21-17(22)13-9-11(20)8-10(2)16(13)24-3/h8-9H,4-7H2,1-3H3,(H,21,22). The SMILES string of the molecule is CCOC(=O)c1c(NC(=O)c2cc(Br)cc(C)c2OC)sc2c1CCC2. The zero-order chi connectivity index (χ0) is 18.8. The lowest BCUT2D eigenvalue weighted by molar-refractivity contribution is 0.0527. The predicted octanol–water partition coefficient (Wildman–Crippen LogP) is 4.75. The van der Waals surface area contributed by atoms with Gasteiger partial charge in [-0.3, -0.25) is 4.79 Å². The first-order valence-electron chi connectivity index (χ1n) is 8.43. The number of carbonyl (C=O) groups is 2. The molecule has 1 aromatic carbocycles. The normalized spacial score (nSPS) is 12.6. The Morgan fingerprint density at radius 3 is 2.77 bits per heavy atom. The van der Waals surface area contributed by atoms with E-state index in [-0.39, 0.29) is 11.9 Å². The van der Waals surface area contributed by atoms with Crippen LogP contribution in [0.5, 0.6) is 5.75 Å². The molecule has 0 spiro atoms. The molecule has 0 radical (unpaired) electrons. The van der Waals surface area contributed by atoms with Crippen molar-refractivity contribution in [2.24, 2.45) is 0 Å². The maximum atomic E-state index is 12.9. The van der Waals surface area contributed by atoms with E-state index in [0.717, 1.165) is 39.7 Å². The fraction of sp³-hybridized carbons (Fsp3) is 0.368. The molecule has 1 amide bonds. The third-order valence-electron chi connectivity index (χ3n) is 4.32. The van der Waals surface area contributed by atoms with Crippen LogP contribution in [0.1, 0.15) is 50.1 Å². The van der Waals surface area contributed by atoms with Crippen molar-refractivity contribution in [2.45, 2.75) is 33.1 Å². The van der Waals surface area contributed by atoms with Crippen molar-refractivity contribution >= 4 is 44.1 Å². The fourth-order valence-electron chi connectivity index (χ4n) is 3.25. The summed E-state index contributed by atoms with van der Waals surface area (Å²) in [6.07, 6.45) is 2.80. The van der Waals surface area contributed by atoms with E-state index in [9.17, 15) is 9.59 Å². The molecule has 26 heavy (non-hydrogen) atoms. The molecule has 138 valence electrons. The summed E-state index contributed by atoms with van der Waals surface area (Å²) in [4.78, 5) is 26.5. The van der Waals surface area contributed by atoms with Crippen molar-refractivity contribution in [3.8, 4) is 5.75 Å². The number of hydrogen-bond acceptors (Lipinski definition) is 5. The minimum atomic E-state index is -0.375. The summed E-state index contributed by atoms with van der Waals surface area (Å²) in [7, 11) is 1.54. The molecule has 0 bridgehead atoms. The van der Waals surface area contributed by atoms with Gasteiger partial charge in [0.25, 0.3) is 5.91 Å². The minimum absolute atomic E-state index is 0.301. The van der Waals surface area contributed by atoms with Crippen LogP contribution in [0.25, 0.3) is 0 Å². The second kappa shape index (κ2) is 7.80. The van der Waals surface area contributed by atoms with Gasteiger partial charge in [-0.25, -0.2) is 4.79 Å². The van der Waals surface area contributed by atoms with Crippen LogP contribution in [0.3, 0.4) is 0 Å². The Hall–Kier alpha value is -1.86. The number of thiophene rings is 1. The zero-order valence-corrected chi connectivity index (χ0v) is 17.3. The van der Waals surface area contributed by atoms with Gasteiger partial charge >= 0.3 is 5.97 Å². The number of nitrogens with one attached hydrogen (secondary N) is 1. The Kier molecular flexibility index (Phi) is 5.67. The molecule has 0 aliphatic heterocycles. The Morgan fingerprint density at radius 2 is 2.08 bits per heavy atom. The second-order valence-electron chi connectivity index (χ2n) is 6.04. The van der Waals surface area contributed by atoms with E-state index < -0.39 is 0 Å². The molecule has 7 heteroatoms. The van der Waals surface area contributed by atoms with Crippen LogP contribution in [-0.2, 0) is 17.6 Å². The molecule has 1 heterocycles. The highest BCUT2D eigenvalue weighted by Crippen LogP contribution is 2.40. The number of esters is 1. The van der Waals surface area contributed by atoms with E-state index in [0.29, 0.717) is 28.5 Å². The molecule has 0 unspecified atom stereocenters. The predicted molar refractivity (Wildman–Crippen MR) is 106 cm³/mol. The lowest BCUT2D eigenvalue weighted by Crippen LogP contribution is -2.16. The molecule has 1 N–H and O–H groups in total. The number of rotatable bonds is 5. The van der Waals surface area contributed by atoms with E-state index in [4.69, 9.17) is 9.47 Å². The number of carbonyl (C=O) groups excluding carboxylic acids is 2. The van der Waals surface area contributed by atoms with Gasteiger partial charge in [-0.1, -0.05) is 15.9 Å². The molecule has 0 saturated carbocycles. The Labute approximate surface area is 164 Å². The van der Waals surface area contributed by atoms with E-state index >= 15 is 0 Å². The molecular weight excluding hydrogens is 418 g/mol. The van der Waals surface area contributed by atoms with Crippen LogP contribution >= 0.6 is 27.3 Å². The van der Waals surface area contributed by atoms with Crippen LogP contribution in [0.4, 0.5) is 5.00 Å². The first-order chi connectivity index (χ1) is 12.5. The van der Waals surface area contributed by atoms with E-state index in [1.165, 1.54) is 18.4 Å². The van der Waals surface area contributed by atoms with Gasteiger partial charge in [0.15, 0.2) is 0 Å². The summed E-state index contributed by atoms with van der Waals surface area (Å²) in [6, 6.07) is 3.60. The number of benzene rings is 1. The fourth-order valence-corrected chi connectivity index (χ4v) is 5.10. The molecule has 0 saturated heterocycles. The van der Waals surface area contributed by atoms with Crippen LogP contribution in [0.2, 0.25) is 0 Å². The number of halogens is 1. The van der Waals surface area contributed by atoms with Gasteiger partial charge in [0.1, 0.15) is 10.8 Å². The molecule has 0 atom stereocenters. The average molecular weight is 438 g/mol. The molecule has 1 aliphatic rings. The topological polar surface area (TPSA) is 64.6 Å². The molecule has 1 aromatic heterocycles. The van der Waals surface area contributed by atoms with E-state index in [1.54, 1.807) is 13.0 Å². The Balaban J connectivity index is 1.97. The second-order valence-corrected chi connectivity index (χ2v) is 8.06. The minimum Gasteiger partial charge on any atom is -0.496 e. The summed E-state index contributed by atoms with van der Waals surface area (Å²) in [6.45, 7) is 3.96. The zero-order valence-electron chi connectivity index (χ0n) is 14.9. The number of methoxy groups -OCH3 is 1. The van der Waals surface area contributed by atoms with Crippen LogP contribution in [0.15, 0.2) is 16.6 Å². The van der Waals surface area contributed by atoms with Crippen molar-refractivity contribution in [3.63, 3.8) is 0 Å². The lowest BCUT2D eigenvalue weighted by atomic mass is 10.1. The number of anilines is 1. The smallest absolute Gasteiger partial charge is 0.341 e. The lowest BCUT2D eigenvalue weighted by Gasteiger charge is -2.13. The quantitative estimate of drug-likeness (QED) is 0.685. The highest BCUT2D eigenvalue weighted by Gasteiger charge is 2.29. The first kappa shape index (κ1) is 18.9. The molecule has 3 rings (SSSR count). The summed E-state index contributed by atoms with van der Waals surface area (Å²) in [5, 5.41) is 3.46.